The van der Waals surface area contributed by atoms with Gasteiger partial charge in [0, 0.05) is 0 Å². The number of nitriles is 1. The van der Waals surface area contributed by atoms with Gasteiger partial charge in [-0.2, -0.15) is 5.26 Å². The van der Waals surface area contributed by atoms with Gasteiger partial charge < -0.3 is 10.5 Å². The molecule has 0 radical (unpaired) electrons. The number of nitrogens with two attached hydrogens (primary N) is 1. The van der Waals surface area contributed by atoms with Gasteiger partial charge in [0.1, 0.15) is 17.5 Å². The van der Waals surface area contributed by atoms with Crippen LogP contribution < -0.4 is 5.73 Å². The van der Waals surface area contributed by atoms with Crippen LogP contribution >= 0.6 is 0 Å². The van der Waals surface area contributed by atoms with E-state index in [1.165, 1.54) is 0 Å². The largest absolute Gasteiger partial charge is 0.462 e. The molecular formula is C10H9F2N3O2. The molecule has 0 unspecified atom stereocenters. The molecule has 7 heteroatoms. The molecule has 17 heavy (non-hydrogen) atoms. The monoisotopic (exact) mass is 241 g/mol. The quantitative estimate of drug-likeness (QED) is 0.812. The number of hydrogen-bond acceptors (Lipinski definition) is 5. The standard InChI is InChI=1S/C10H9F2N3O2/c1-2-17-10(16)6-3-5(4-13)15-8(7(6)14)9(11)12/h3,9H,2,14H2,1H3. The van der Waals surface area contributed by atoms with E-state index in [4.69, 9.17) is 11.0 Å². The van der Waals surface area contributed by atoms with Crippen molar-refractivity contribution in [2.75, 3.05) is 12.3 Å². The van der Waals surface area contributed by atoms with Crippen LogP contribution in [0.2, 0.25) is 0 Å². The highest BCUT2D eigenvalue weighted by atomic mass is 19.3. The average molecular weight is 241 g/mol. The smallest absolute Gasteiger partial charge is 0.340 e. The van der Waals surface area contributed by atoms with Crippen molar-refractivity contribution in [2.24, 2.45) is 0 Å². The number of hydrogen-bond donors (Lipinski definition) is 1. The van der Waals surface area contributed by atoms with Crippen molar-refractivity contribution in [1.29, 1.82) is 5.26 Å². The van der Waals surface area contributed by atoms with E-state index < -0.39 is 23.8 Å². The van der Waals surface area contributed by atoms with Gasteiger partial charge in [0.25, 0.3) is 6.43 Å². The Bertz CT molecular complexity index is 483. The summed E-state index contributed by atoms with van der Waals surface area (Å²) in [6.07, 6.45) is -2.96. The van der Waals surface area contributed by atoms with Crippen LogP contribution in [0.1, 0.15) is 35.1 Å². The second kappa shape index (κ2) is 5.21. The minimum absolute atomic E-state index is 0.0759. The van der Waals surface area contributed by atoms with Gasteiger partial charge in [-0.3, -0.25) is 0 Å². The van der Waals surface area contributed by atoms with Crippen LogP contribution in [0.25, 0.3) is 0 Å². The zero-order valence-electron chi connectivity index (χ0n) is 8.91. The van der Waals surface area contributed by atoms with Gasteiger partial charge in [-0.15, -0.1) is 0 Å². The molecule has 0 saturated carbocycles. The van der Waals surface area contributed by atoms with Gasteiger partial charge in [-0.05, 0) is 13.0 Å². The number of nitrogens with zero attached hydrogens (tertiary/aromatic N) is 2. The first-order valence-corrected chi connectivity index (χ1v) is 4.67. The molecule has 0 atom stereocenters. The number of halogens is 2. The second-order valence-corrected chi connectivity index (χ2v) is 2.99. The Labute approximate surface area is 95.8 Å². The van der Waals surface area contributed by atoms with Crippen molar-refractivity contribution in [3.63, 3.8) is 0 Å². The van der Waals surface area contributed by atoms with E-state index in [9.17, 15) is 13.6 Å². The fraction of sp³-hybridized carbons (Fsp3) is 0.300. The number of pyridine rings is 1. The zero-order valence-corrected chi connectivity index (χ0v) is 8.91. The van der Waals surface area contributed by atoms with Crippen molar-refractivity contribution in [3.8, 4) is 6.07 Å². The lowest BCUT2D eigenvalue weighted by Crippen LogP contribution is -2.12. The summed E-state index contributed by atoms with van der Waals surface area (Å²) in [5.41, 5.74) is 3.56. The Morgan fingerprint density at radius 2 is 2.35 bits per heavy atom. The molecule has 1 heterocycles. The van der Waals surface area contributed by atoms with Crippen LogP contribution in [0.3, 0.4) is 0 Å². The highest BCUT2D eigenvalue weighted by Crippen LogP contribution is 2.26. The number of nitrogen functional groups attached to an aromatic ring is 1. The summed E-state index contributed by atoms with van der Waals surface area (Å²) < 4.78 is 29.8. The number of esters is 1. The maximum atomic E-state index is 12.6. The van der Waals surface area contributed by atoms with E-state index in [-0.39, 0.29) is 17.9 Å². The number of ether oxygens (including phenoxy) is 1. The third-order valence-electron chi connectivity index (χ3n) is 1.90. The van der Waals surface area contributed by atoms with Gasteiger partial charge in [-0.1, -0.05) is 0 Å². The normalized spacial score (nSPS) is 10.1. The van der Waals surface area contributed by atoms with Gasteiger partial charge in [0.2, 0.25) is 0 Å². The van der Waals surface area contributed by atoms with E-state index in [1.807, 2.05) is 0 Å². The van der Waals surface area contributed by atoms with Crippen LogP contribution in [0, 0.1) is 11.3 Å². The molecule has 0 aliphatic heterocycles. The number of aromatic nitrogens is 1. The van der Waals surface area contributed by atoms with E-state index in [0.29, 0.717) is 0 Å². The van der Waals surface area contributed by atoms with Gasteiger partial charge in [0.15, 0.2) is 0 Å². The lowest BCUT2D eigenvalue weighted by molar-refractivity contribution is 0.0527. The van der Waals surface area contributed by atoms with Gasteiger partial charge >= 0.3 is 5.97 Å². The molecule has 2 N–H and O–H groups in total. The number of carbonyl (C=O) groups is 1. The van der Waals surface area contributed by atoms with Gasteiger partial charge in [0.05, 0.1) is 17.9 Å². The summed E-state index contributed by atoms with van der Waals surface area (Å²) in [5, 5.41) is 8.62. The SMILES string of the molecule is CCOC(=O)c1cc(C#N)nc(C(F)F)c1N. The Kier molecular flexibility index (Phi) is 3.93. The molecule has 0 saturated heterocycles. The molecule has 1 aromatic heterocycles. The maximum Gasteiger partial charge on any atom is 0.340 e. The third kappa shape index (κ3) is 2.66. The fourth-order valence-electron chi connectivity index (χ4n) is 1.18. The molecule has 0 fully saturated rings. The van der Waals surface area contributed by atoms with Crippen LogP contribution in [-0.4, -0.2) is 17.6 Å². The summed E-state index contributed by atoms with van der Waals surface area (Å²) in [4.78, 5) is 14.8. The highest BCUT2D eigenvalue weighted by Gasteiger charge is 2.22. The topological polar surface area (TPSA) is 89.0 Å². The van der Waals surface area contributed by atoms with Crippen LogP contribution in [0.4, 0.5) is 14.5 Å². The van der Waals surface area contributed by atoms with Crippen LogP contribution in [0.15, 0.2) is 6.07 Å². The lowest BCUT2D eigenvalue weighted by Gasteiger charge is -2.09. The minimum Gasteiger partial charge on any atom is -0.462 e. The molecule has 5 nitrogen and oxygen atoms in total. The maximum absolute atomic E-state index is 12.6. The first-order chi connectivity index (χ1) is 8.01. The molecule has 1 rings (SSSR count). The van der Waals surface area contributed by atoms with Crippen molar-refractivity contribution in [3.05, 3.63) is 23.0 Å². The van der Waals surface area contributed by atoms with Crippen molar-refractivity contribution in [2.45, 2.75) is 13.3 Å². The third-order valence-corrected chi connectivity index (χ3v) is 1.90. The first-order valence-electron chi connectivity index (χ1n) is 4.67. The predicted molar refractivity (Wildman–Crippen MR) is 54.3 cm³/mol. The summed E-state index contributed by atoms with van der Waals surface area (Å²) in [6, 6.07) is 2.61. The summed E-state index contributed by atoms with van der Waals surface area (Å²) in [6.45, 7) is 1.64. The molecule has 0 aromatic carbocycles. The summed E-state index contributed by atoms with van der Waals surface area (Å²) in [7, 11) is 0. The molecule has 0 amide bonds. The lowest BCUT2D eigenvalue weighted by atomic mass is 10.1. The zero-order chi connectivity index (χ0) is 13.0. The Morgan fingerprint density at radius 1 is 1.71 bits per heavy atom. The van der Waals surface area contributed by atoms with E-state index >= 15 is 0 Å². The summed E-state index contributed by atoms with van der Waals surface area (Å²) >= 11 is 0. The van der Waals surface area contributed by atoms with Crippen molar-refractivity contribution >= 4 is 11.7 Å². The Hall–Kier alpha value is -2.23. The van der Waals surface area contributed by atoms with Gasteiger partial charge in [-0.25, -0.2) is 18.6 Å². The van der Waals surface area contributed by atoms with E-state index in [2.05, 4.69) is 9.72 Å². The minimum atomic E-state index is -2.96. The fourth-order valence-corrected chi connectivity index (χ4v) is 1.18. The molecule has 0 bridgehead atoms. The molecule has 0 spiro atoms. The molecule has 0 aliphatic rings. The first kappa shape index (κ1) is 12.8. The predicted octanol–water partition coefficient (Wildman–Crippen LogP) is 1.65. The van der Waals surface area contributed by atoms with E-state index in [0.717, 1.165) is 6.07 Å². The number of anilines is 1. The second-order valence-electron chi connectivity index (χ2n) is 2.99. The Balaban J connectivity index is 3.35. The molecule has 90 valence electrons. The molecule has 0 aliphatic carbocycles. The molecular weight excluding hydrogens is 232 g/mol. The van der Waals surface area contributed by atoms with Crippen molar-refractivity contribution < 1.29 is 18.3 Å². The van der Waals surface area contributed by atoms with E-state index in [1.54, 1.807) is 13.0 Å². The highest BCUT2D eigenvalue weighted by molar-refractivity contribution is 5.95. The van der Waals surface area contributed by atoms with Crippen LogP contribution in [0.5, 0.6) is 0 Å². The summed E-state index contributed by atoms with van der Waals surface area (Å²) in [5.74, 6) is -0.856. The number of alkyl halides is 2. The van der Waals surface area contributed by atoms with Crippen LogP contribution in [-0.2, 0) is 4.74 Å². The Morgan fingerprint density at radius 3 is 2.82 bits per heavy atom. The molecule has 1 aromatic rings. The average Bonchev–Trinajstić information content (AvgIpc) is 2.29. The van der Waals surface area contributed by atoms with Crippen molar-refractivity contribution in [1.82, 2.24) is 4.98 Å². The number of rotatable bonds is 3. The number of carbonyl (C=O) groups excluding carboxylic acids is 1.